The van der Waals surface area contributed by atoms with Crippen molar-refractivity contribution in [3.63, 3.8) is 0 Å². The van der Waals surface area contributed by atoms with E-state index in [2.05, 4.69) is 33.8 Å². The van der Waals surface area contributed by atoms with Gasteiger partial charge < -0.3 is 4.74 Å². The van der Waals surface area contributed by atoms with Crippen LogP contribution in [0.15, 0.2) is 11.6 Å². The normalized spacial score (nSPS) is 46.7. The number of esters is 1. The van der Waals surface area contributed by atoms with E-state index < -0.39 is 0 Å². The lowest BCUT2D eigenvalue weighted by Crippen LogP contribution is -2.47. The van der Waals surface area contributed by atoms with E-state index >= 15 is 0 Å². The molecule has 0 aromatic heterocycles. The van der Waals surface area contributed by atoms with Gasteiger partial charge in [0.05, 0.1) is 0 Å². The van der Waals surface area contributed by atoms with Crippen LogP contribution < -0.4 is 0 Å². The van der Waals surface area contributed by atoms with Gasteiger partial charge in [0.1, 0.15) is 6.10 Å². The van der Waals surface area contributed by atoms with Gasteiger partial charge in [-0.15, -0.1) is 0 Å². The molecule has 0 N–H and O–H groups in total. The van der Waals surface area contributed by atoms with Gasteiger partial charge in [-0.05, 0) is 43.9 Å². The number of ether oxygens (including phenoxy) is 1. The number of rotatable bonds is 1. The number of carbonyl (C=O) groups excluding carboxylic acids is 1. The van der Waals surface area contributed by atoms with E-state index in [1.54, 1.807) is 12.5 Å². The monoisotopic (exact) mass is 262 g/mol. The van der Waals surface area contributed by atoms with Gasteiger partial charge in [-0.25, -0.2) is 0 Å². The summed E-state index contributed by atoms with van der Waals surface area (Å²) in [6.07, 6.45) is 6.28. The summed E-state index contributed by atoms with van der Waals surface area (Å²) in [5, 5.41) is 0. The smallest absolute Gasteiger partial charge is 0.302 e. The predicted octanol–water partition coefficient (Wildman–Crippen LogP) is 3.96. The van der Waals surface area contributed by atoms with Crippen LogP contribution in [0.5, 0.6) is 0 Å². The SMILES string of the molecule is CC(=O)OC1C(C)(C)C[C@H]2C=C(C)[C@@H]3CC[C@@H](C)[C@]123. The molecule has 5 atom stereocenters. The van der Waals surface area contributed by atoms with E-state index in [9.17, 15) is 4.79 Å². The van der Waals surface area contributed by atoms with Crippen LogP contribution in [0.3, 0.4) is 0 Å². The van der Waals surface area contributed by atoms with Crippen molar-refractivity contribution in [3.8, 4) is 0 Å². The van der Waals surface area contributed by atoms with Crippen LogP contribution in [0.4, 0.5) is 0 Å². The summed E-state index contributed by atoms with van der Waals surface area (Å²) in [7, 11) is 0. The van der Waals surface area contributed by atoms with E-state index in [4.69, 9.17) is 4.74 Å². The summed E-state index contributed by atoms with van der Waals surface area (Å²) in [6.45, 7) is 10.8. The molecule has 3 aliphatic carbocycles. The fourth-order valence-corrected chi connectivity index (χ4v) is 5.73. The van der Waals surface area contributed by atoms with Crippen LogP contribution in [0.25, 0.3) is 0 Å². The molecule has 2 heteroatoms. The fraction of sp³-hybridized carbons (Fsp3) is 0.824. The molecule has 0 bridgehead atoms. The number of carbonyl (C=O) groups is 1. The zero-order valence-corrected chi connectivity index (χ0v) is 12.8. The minimum Gasteiger partial charge on any atom is -0.461 e. The lowest BCUT2D eigenvalue weighted by atomic mass is 9.65. The largest absolute Gasteiger partial charge is 0.461 e. The van der Waals surface area contributed by atoms with Crippen LogP contribution in [-0.4, -0.2) is 12.1 Å². The van der Waals surface area contributed by atoms with E-state index in [0.29, 0.717) is 17.8 Å². The van der Waals surface area contributed by atoms with Crippen molar-refractivity contribution < 1.29 is 9.53 Å². The van der Waals surface area contributed by atoms with Gasteiger partial charge in [0.2, 0.25) is 0 Å². The summed E-state index contributed by atoms with van der Waals surface area (Å²) in [6, 6.07) is 0. The van der Waals surface area contributed by atoms with Crippen LogP contribution in [-0.2, 0) is 9.53 Å². The molecule has 0 radical (unpaired) electrons. The van der Waals surface area contributed by atoms with Gasteiger partial charge in [-0.3, -0.25) is 4.79 Å². The minimum absolute atomic E-state index is 0.0821. The Hall–Kier alpha value is -0.790. The number of hydrogen-bond donors (Lipinski definition) is 0. The summed E-state index contributed by atoms with van der Waals surface area (Å²) in [5.74, 6) is 1.78. The molecule has 19 heavy (non-hydrogen) atoms. The molecule has 106 valence electrons. The highest BCUT2D eigenvalue weighted by atomic mass is 16.5. The molecule has 3 aliphatic rings. The second-order valence-electron chi connectivity index (χ2n) is 7.73. The Morgan fingerprint density at radius 2 is 2.05 bits per heavy atom. The Morgan fingerprint density at radius 1 is 1.37 bits per heavy atom. The summed E-state index contributed by atoms with van der Waals surface area (Å²) < 4.78 is 5.89. The first kappa shape index (κ1) is 13.2. The third kappa shape index (κ3) is 1.52. The zero-order chi connectivity index (χ0) is 14.0. The summed E-state index contributed by atoms with van der Waals surface area (Å²) in [5.41, 5.74) is 1.84. The second kappa shape index (κ2) is 3.86. The molecule has 1 spiro atoms. The average Bonchev–Trinajstić information content (AvgIpc) is 2.80. The quantitative estimate of drug-likeness (QED) is 0.528. The first-order valence-corrected chi connectivity index (χ1v) is 7.65. The second-order valence-corrected chi connectivity index (χ2v) is 7.73. The third-order valence-electron chi connectivity index (χ3n) is 6.20. The maximum Gasteiger partial charge on any atom is 0.302 e. The topological polar surface area (TPSA) is 26.3 Å². The maximum absolute atomic E-state index is 11.6. The van der Waals surface area contributed by atoms with Crippen molar-refractivity contribution in [1.29, 1.82) is 0 Å². The molecule has 0 amide bonds. The van der Waals surface area contributed by atoms with Crippen molar-refractivity contribution in [2.24, 2.45) is 28.6 Å². The lowest BCUT2D eigenvalue weighted by molar-refractivity contribution is -0.163. The standard InChI is InChI=1S/C17H26O2/c1-10-8-13-9-16(4,5)15(19-12(3)18)17(13)11(2)6-7-14(10)17/h8,11,13-15H,6-7,9H2,1-5H3/t11-,13-,14+,15?,17+/m1/s1. The van der Waals surface area contributed by atoms with E-state index in [0.717, 1.165) is 6.42 Å². The van der Waals surface area contributed by atoms with Crippen molar-refractivity contribution in [3.05, 3.63) is 11.6 Å². The Balaban J connectivity index is 2.09. The molecule has 2 nitrogen and oxygen atoms in total. The van der Waals surface area contributed by atoms with E-state index in [-0.39, 0.29) is 22.9 Å². The van der Waals surface area contributed by atoms with Gasteiger partial charge in [0, 0.05) is 17.8 Å². The van der Waals surface area contributed by atoms with Gasteiger partial charge in [0.15, 0.2) is 0 Å². The first-order chi connectivity index (χ1) is 8.80. The molecule has 0 aliphatic heterocycles. The summed E-state index contributed by atoms with van der Waals surface area (Å²) in [4.78, 5) is 11.6. The van der Waals surface area contributed by atoms with Gasteiger partial charge in [0.25, 0.3) is 0 Å². The number of hydrogen-bond acceptors (Lipinski definition) is 2. The van der Waals surface area contributed by atoms with Gasteiger partial charge >= 0.3 is 5.97 Å². The van der Waals surface area contributed by atoms with Gasteiger partial charge in [-0.2, -0.15) is 0 Å². The minimum atomic E-state index is -0.115. The van der Waals surface area contributed by atoms with E-state index in [1.807, 2.05) is 0 Å². The summed E-state index contributed by atoms with van der Waals surface area (Å²) >= 11 is 0. The average molecular weight is 262 g/mol. The molecule has 2 fully saturated rings. The van der Waals surface area contributed by atoms with Crippen molar-refractivity contribution in [2.45, 2.75) is 60.0 Å². The van der Waals surface area contributed by atoms with Gasteiger partial charge in [-0.1, -0.05) is 32.4 Å². The van der Waals surface area contributed by atoms with Crippen LogP contribution in [0.2, 0.25) is 0 Å². The van der Waals surface area contributed by atoms with Crippen molar-refractivity contribution in [2.75, 3.05) is 0 Å². The Labute approximate surface area is 116 Å². The Morgan fingerprint density at radius 3 is 2.68 bits per heavy atom. The molecular formula is C17H26O2. The Kier molecular flexibility index (Phi) is 2.69. The highest BCUT2D eigenvalue weighted by Gasteiger charge is 2.69. The molecule has 0 saturated heterocycles. The van der Waals surface area contributed by atoms with E-state index in [1.165, 1.54) is 12.8 Å². The highest BCUT2D eigenvalue weighted by molar-refractivity contribution is 5.66. The highest BCUT2D eigenvalue weighted by Crippen LogP contribution is 2.70. The molecule has 0 aromatic carbocycles. The molecule has 3 rings (SSSR count). The predicted molar refractivity (Wildman–Crippen MR) is 75.5 cm³/mol. The molecule has 0 aromatic rings. The maximum atomic E-state index is 11.6. The number of allylic oxidation sites excluding steroid dienone is 2. The first-order valence-electron chi connectivity index (χ1n) is 7.65. The lowest BCUT2D eigenvalue weighted by Gasteiger charge is -2.43. The molecule has 0 heterocycles. The van der Waals surface area contributed by atoms with Crippen LogP contribution in [0.1, 0.15) is 53.9 Å². The van der Waals surface area contributed by atoms with Crippen LogP contribution in [0, 0.1) is 28.6 Å². The Bertz CT molecular complexity index is 448. The molecule has 1 unspecified atom stereocenters. The fourth-order valence-electron chi connectivity index (χ4n) is 5.73. The zero-order valence-electron chi connectivity index (χ0n) is 12.8. The molecular weight excluding hydrogens is 236 g/mol. The third-order valence-corrected chi connectivity index (χ3v) is 6.20. The van der Waals surface area contributed by atoms with Crippen molar-refractivity contribution >= 4 is 5.97 Å². The molecule has 2 saturated carbocycles. The van der Waals surface area contributed by atoms with Crippen molar-refractivity contribution in [1.82, 2.24) is 0 Å². The van der Waals surface area contributed by atoms with Crippen LogP contribution >= 0.6 is 0 Å².